The van der Waals surface area contributed by atoms with Crippen molar-refractivity contribution in [2.45, 2.75) is 91.9 Å². The first-order chi connectivity index (χ1) is 10.2. The van der Waals surface area contributed by atoms with Gasteiger partial charge in [-0.15, -0.1) is 0 Å². The Morgan fingerprint density at radius 1 is 0.591 bits per heavy atom. The molecule has 0 aromatic carbocycles. The summed E-state index contributed by atoms with van der Waals surface area (Å²) in [5, 5.41) is 0. The Morgan fingerprint density at radius 2 is 0.818 bits per heavy atom. The molecule has 2 heterocycles. The van der Waals surface area contributed by atoms with Gasteiger partial charge in [0.05, 0.1) is 24.4 Å². The van der Waals surface area contributed by atoms with Crippen molar-refractivity contribution in [3.05, 3.63) is 0 Å². The number of hydrogen-bond donors (Lipinski definition) is 0. The summed E-state index contributed by atoms with van der Waals surface area (Å²) in [6.45, 7) is 21.9. The molecule has 2 fully saturated rings. The van der Waals surface area contributed by atoms with Crippen LogP contribution in [0.15, 0.2) is 0 Å². The second kappa shape index (κ2) is 9.21. The fourth-order valence-electron chi connectivity index (χ4n) is 3.28. The molecular formula is C18H38N2O2. The third-order valence-electron chi connectivity index (χ3n) is 4.36. The highest BCUT2D eigenvalue weighted by Crippen LogP contribution is 2.13. The Bertz CT molecular complexity index is 259. The molecule has 0 aromatic heterocycles. The van der Waals surface area contributed by atoms with E-state index >= 15 is 0 Å². The number of rotatable bonds is 2. The molecule has 2 aliphatic rings. The van der Waals surface area contributed by atoms with Gasteiger partial charge in [0, 0.05) is 38.3 Å². The van der Waals surface area contributed by atoms with Gasteiger partial charge in [-0.25, -0.2) is 0 Å². The largest absolute Gasteiger partial charge is 0.373 e. The highest BCUT2D eigenvalue weighted by Gasteiger charge is 2.24. The van der Waals surface area contributed by atoms with Gasteiger partial charge in [-0.1, -0.05) is 0 Å². The lowest BCUT2D eigenvalue weighted by Crippen LogP contribution is -2.48. The Morgan fingerprint density at radius 3 is 1.00 bits per heavy atom. The van der Waals surface area contributed by atoms with Crippen LogP contribution in [0.5, 0.6) is 0 Å². The molecule has 0 saturated carbocycles. The topological polar surface area (TPSA) is 24.9 Å². The van der Waals surface area contributed by atoms with Crippen LogP contribution in [0.1, 0.15) is 55.4 Å². The summed E-state index contributed by atoms with van der Waals surface area (Å²) >= 11 is 0. The van der Waals surface area contributed by atoms with Crippen molar-refractivity contribution in [3.8, 4) is 0 Å². The zero-order chi connectivity index (χ0) is 16.9. The van der Waals surface area contributed by atoms with E-state index in [-0.39, 0.29) is 0 Å². The van der Waals surface area contributed by atoms with Crippen LogP contribution < -0.4 is 0 Å². The fraction of sp³-hybridized carbons (Fsp3) is 1.00. The van der Waals surface area contributed by atoms with E-state index in [2.05, 4.69) is 65.2 Å². The molecule has 4 atom stereocenters. The first-order valence-electron chi connectivity index (χ1n) is 8.98. The van der Waals surface area contributed by atoms with Crippen LogP contribution in [0, 0.1) is 0 Å². The monoisotopic (exact) mass is 314 g/mol. The van der Waals surface area contributed by atoms with Gasteiger partial charge in [0.2, 0.25) is 0 Å². The van der Waals surface area contributed by atoms with Gasteiger partial charge in [-0.05, 0) is 55.4 Å². The minimum absolute atomic E-state index is 0.404. The summed E-state index contributed by atoms with van der Waals surface area (Å²) < 4.78 is 11.2. The molecule has 4 unspecified atom stereocenters. The van der Waals surface area contributed by atoms with Crippen LogP contribution in [0.3, 0.4) is 0 Å². The molecule has 0 spiro atoms. The lowest BCUT2D eigenvalue weighted by atomic mass is 10.2. The first-order valence-corrected chi connectivity index (χ1v) is 8.98. The summed E-state index contributed by atoms with van der Waals surface area (Å²) in [6, 6.07) is 1.31. The second-order valence-corrected chi connectivity index (χ2v) is 7.61. The van der Waals surface area contributed by atoms with Gasteiger partial charge < -0.3 is 9.47 Å². The molecule has 4 nitrogen and oxygen atoms in total. The SMILES string of the molecule is CC1CN(C(C)C)CC(C)O1.CC1CN(C(C)C)CC(C)O1. The molecule has 0 radical (unpaired) electrons. The maximum Gasteiger partial charge on any atom is 0.0678 e. The molecular weight excluding hydrogens is 276 g/mol. The van der Waals surface area contributed by atoms with E-state index in [9.17, 15) is 0 Å². The van der Waals surface area contributed by atoms with Crippen LogP contribution >= 0.6 is 0 Å². The average molecular weight is 315 g/mol. The number of morpholine rings is 2. The minimum Gasteiger partial charge on any atom is -0.373 e. The predicted octanol–water partition coefficient (Wildman–Crippen LogP) is 3.01. The van der Waals surface area contributed by atoms with Gasteiger partial charge >= 0.3 is 0 Å². The van der Waals surface area contributed by atoms with E-state index < -0.39 is 0 Å². The molecule has 4 heteroatoms. The van der Waals surface area contributed by atoms with Crippen molar-refractivity contribution in [2.24, 2.45) is 0 Å². The lowest BCUT2D eigenvalue weighted by Gasteiger charge is -2.37. The Kier molecular flexibility index (Phi) is 8.33. The van der Waals surface area contributed by atoms with E-state index in [1.807, 2.05) is 0 Å². The highest BCUT2D eigenvalue weighted by molar-refractivity contribution is 4.76. The normalized spacial score (nSPS) is 34.6. The number of hydrogen-bond acceptors (Lipinski definition) is 4. The van der Waals surface area contributed by atoms with Crippen molar-refractivity contribution in [3.63, 3.8) is 0 Å². The van der Waals surface area contributed by atoms with E-state index in [0.29, 0.717) is 36.5 Å². The molecule has 0 N–H and O–H groups in total. The zero-order valence-electron chi connectivity index (χ0n) is 16.0. The summed E-state index contributed by atoms with van der Waals surface area (Å²) in [7, 11) is 0. The van der Waals surface area contributed by atoms with Crippen LogP contribution in [0.2, 0.25) is 0 Å². The Balaban J connectivity index is 0.000000220. The van der Waals surface area contributed by atoms with Gasteiger partial charge in [0.1, 0.15) is 0 Å². The summed E-state index contributed by atoms with van der Waals surface area (Å²) in [5.41, 5.74) is 0. The van der Waals surface area contributed by atoms with Crippen LogP contribution in [-0.4, -0.2) is 72.5 Å². The van der Waals surface area contributed by atoms with Crippen LogP contribution in [0.4, 0.5) is 0 Å². The summed E-state index contributed by atoms with van der Waals surface area (Å²) in [5.74, 6) is 0. The molecule has 2 saturated heterocycles. The van der Waals surface area contributed by atoms with Gasteiger partial charge in [-0.3, -0.25) is 9.80 Å². The standard InChI is InChI=1S/2C9H19NO/c2*1-7(2)10-5-8(3)11-9(4)6-10/h2*7-9H,5-6H2,1-4H3. The van der Waals surface area contributed by atoms with Crippen molar-refractivity contribution >= 4 is 0 Å². The highest BCUT2D eigenvalue weighted by atomic mass is 16.5. The molecule has 22 heavy (non-hydrogen) atoms. The predicted molar refractivity (Wildman–Crippen MR) is 93.4 cm³/mol. The number of nitrogens with zero attached hydrogens (tertiary/aromatic N) is 2. The van der Waals surface area contributed by atoms with Gasteiger partial charge in [-0.2, -0.15) is 0 Å². The molecule has 0 aliphatic carbocycles. The Labute approximate surface area is 138 Å². The fourth-order valence-corrected chi connectivity index (χ4v) is 3.28. The van der Waals surface area contributed by atoms with Crippen molar-refractivity contribution in [2.75, 3.05) is 26.2 Å². The molecule has 0 aromatic rings. The van der Waals surface area contributed by atoms with Crippen molar-refractivity contribution in [1.29, 1.82) is 0 Å². The van der Waals surface area contributed by atoms with E-state index in [1.54, 1.807) is 0 Å². The summed E-state index contributed by atoms with van der Waals surface area (Å²) in [4.78, 5) is 4.94. The summed E-state index contributed by atoms with van der Waals surface area (Å²) in [6.07, 6.45) is 1.62. The third kappa shape index (κ3) is 6.95. The minimum atomic E-state index is 0.404. The van der Waals surface area contributed by atoms with E-state index in [0.717, 1.165) is 26.2 Å². The lowest BCUT2D eigenvalue weighted by molar-refractivity contribution is -0.0766. The molecule has 2 rings (SSSR count). The maximum atomic E-state index is 5.62. The zero-order valence-corrected chi connectivity index (χ0v) is 16.0. The quantitative estimate of drug-likeness (QED) is 0.782. The maximum absolute atomic E-state index is 5.62. The first kappa shape index (κ1) is 19.9. The smallest absolute Gasteiger partial charge is 0.0678 e. The van der Waals surface area contributed by atoms with Crippen LogP contribution in [-0.2, 0) is 9.47 Å². The molecule has 2 aliphatic heterocycles. The van der Waals surface area contributed by atoms with Gasteiger partial charge in [0.15, 0.2) is 0 Å². The average Bonchev–Trinajstić information content (AvgIpc) is 2.37. The second-order valence-electron chi connectivity index (χ2n) is 7.61. The number of ether oxygens (including phenoxy) is 2. The van der Waals surface area contributed by atoms with E-state index in [1.165, 1.54) is 0 Å². The molecule has 0 amide bonds. The van der Waals surface area contributed by atoms with Crippen molar-refractivity contribution < 1.29 is 9.47 Å². The molecule has 132 valence electrons. The van der Waals surface area contributed by atoms with Crippen LogP contribution in [0.25, 0.3) is 0 Å². The van der Waals surface area contributed by atoms with E-state index in [4.69, 9.17) is 9.47 Å². The van der Waals surface area contributed by atoms with Crippen molar-refractivity contribution in [1.82, 2.24) is 9.80 Å². The molecule has 0 bridgehead atoms. The third-order valence-corrected chi connectivity index (χ3v) is 4.36. The Hall–Kier alpha value is -0.160. The van der Waals surface area contributed by atoms with Gasteiger partial charge in [0.25, 0.3) is 0 Å².